The zero-order valence-corrected chi connectivity index (χ0v) is 13.4. The number of hydrogen-bond acceptors (Lipinski definition) is 4. The van der Waals surface area contributed by atoms with Crippen molar-refractivity contribution in [3.8, 4) is 5.75 Å². The van der Waals surface area contributed by atoms with Crippen molar-refractivity contribution in [2.45, 2.75) is 31.9 Å². The van der Waals surface area contributed by atoms with Crippen LogP contribution in [-0.2, 0) is 9.59 Å². The molecule has 1 aromatic carbocycles. The summed E-state index contributed by atoms with van der Waals surface area (Å²) in [4.78, 5) is 24.9. The standard InChI is InChI=1S/C15H17ClF2N2O4/c16-10-7-9(4-5-12(10)24-15(17)18)19-13(21)8-20-6-2-1-3-11(20)14(22)23/h4-5,7,11,15H,1-3,6,8H2,(H,19,21)(H,22,23). The van der Waals surface area contributed by atoms with Gasteiger partial charge in [-0.25, -0.2) is 0 Å². The Balaban J connectivity index is 1.96. The molecule has 6 nitrogen and oxygen atoms in total. The number of ether oxygens (including phenoxy) is 1. The summed E-state index contributed by atoms with van der Waals surface area (Å²) in [5, 5.41) is 11.7. The number of benzene rings is 1. The average molecular weight is 363 g/mol. The Hall–Kier alpha value is -1.93. The molecule has 0 radical (unpaired) electrons. The Morgan fingerprint density at radius 1 is 1.42 bits per heavy atom. The van der Waals surface area contributed by atoms with Gasteiger partial charge in [-0.05, 0) is 37.6 Å². The topological polar surface area (TPSA) is 78.9 Å². The molecule has 2 N–H and O–H groups in total. The van der Waals surface area contributed by atoms with E-state index in [0.717, 1.165) is 12.8 Å². The maximum absolute atomic E-state index is 12.2. The van der Waals surface area contributed by atoms with Crippen LogP contribution >= 0.6 is 11.6 Å². The number of aliphatic carboxylic acids is 1. The third kappa shape index (κ3) is 5.04. The van der Waals surface area contributed by atoms with Crippen molar-refractivity contribution in [3.05, 3.63) is 23.2 Å². The summed E-state index contributed by atoms with van der Waals surface area (Å²) in [5.74, 6) is -1.53. The quantitative estimate of drug-likeness (QED) is 0.813. The molecule has 1 heterocycles. The van der Waals surface area contributed by atoms with Gasteiger partial charge in [0, 0.05) is 5.69 Å². The molecule has 9 heteroatoms. The fourth-order valence-corrected chi connectivity index (χ4v) is 2.84. The Bertz CT molecular complexity index is 615. The highest BCUT2D eigenvalue weighted by Gasteiger charge is 2.29. The van der Waals surface area contributed by atoms with E-state index in [1.54, 1.807) is 4.90 Å². The van der Waals surface area contributed by atoms with E-state index in [1.165, 1.54) is 18.2 Å². The van der Waals surface area contributed by atoms with Crippen molar-refractivity contribution >= 4 is 29.2 Å². The van der Waals surface area contributed by atoms with Crippen molar-refractivity contribution in [2.24, 2.45) is 0 Å². The molecular weight excluding hydrogens is 346 g/mol. The molecule has 0 saturated carbocycles. The summed E-state index contributed by atoms with van der Waals surface area (Å²) in [6.45, 7) is -2.52. The van der Waals surface area contributed by atoms with E-state index < -0.39 is 24.5 Å². The number of hydrogen-bond donors (Lipinski definition) is 2. The Kier molecular flexibility index (Phi) is 6.33. The van der Waals surface area contributed by atoms with Crippen molar-refractivity contribution < 1.29 is 28.2 Å². The van der Waals surface area contributed by atoms with E-state index in [0.29, 0.717) is 18.7 Å². The third-order valence-corrected chi connectivity index (χ3v) is 3.97. The minimum absolute atomic E-state index is 0.0607. The summed E-state index contributed by atoms with van der Waals surface area (Å²) in [6.07, 6.45) is 2.16. The lowest BCUT2D eigenvalue weighted by Crippen LogP contribution is -2.47. The van der Waals surface area contributed by atoms with E-state index in [4.69, 9.17) is 11.6 Å². The van der Waals surface area contributed by atoms with E-state index >= 15 is 0 Å². The van der Waals surface area contributed by atoms with Gasteiger partial charge in [0.05, 0.1) is 11.6 Å². The summed E-state index contributed by atoms with van der Waals surface area (Å²) in [5.41, 5.74) is 0.315. The van der Waals surface area contributed by atoms with Crippen LogP contribution in [0.25, 0.3) is 0 Å². The van der Waals surface area contributed by atoms with Crippen LogP contribution in [0.2, 0.25) is 5.02 Å². The molecule has 0 aliphatic carbocycles. The van der Waals surface area contributed by atoms with Crippen LogP contribution in [0, 0.1) is 0 Å². The van der Waals surface area contributed by atoms with Gasteiger partial charge in [-0.2, -0.15) is 8.78 Å². The number of halogens is 3. The highest BCUT2D eigenvalue weighted by molar-refractivity contribution is 6.32. The Morgan fingerprint density at radius 3 is 2.79 bits per heavy atom. The largest absolute Gasteiger partial charge is 0.480 e. The van der Waals surface area contributed by atoms with Crippen molar-refractivity contribution in [1.82, 2.24) is 4.90 Å². The van der Waals surface area contributed by atoms with Crippen LogP contribution in [-0.4, -0.2) is 47.6 Å². The molecule has 2 rings (SSSR count). The fourth-order valence-electron chi connectivity index (χ4n) is 2.62. The number of anilines is 1. The molecular formula is C15H17ClF2N2O4. The van der Waals surface area contributed by atoms with Crippen LogP contribution < -0.4 is 10.1 Å². The smallest absolute Gasteiger partial charge is 0.387 e. The van der Waals surface area contributed by atoms with E-state index in [-0.39, 0.29) is 17.3 Å². The second kappa shape index (κ2) is 8.25. The number of likely N-dealkylation sites (tertiary alicyclic amines) is 1. The molecule has 1 unspecified atom stereocenters. The maximum Gasteiger partial charge on any atom is 0.387 e. The maximum atomic E-state index is 12.2. The second-order valence-electron chi connectivity index (χ2n) is 5.39. The molecule has 1 aliphatic rings. The first kappa shape index (κ1) is 18.4. The summed E-state index contributed by atoms with van der Waals surface area (Å²) in [7, 11) is 0. The summed E-state index contributed by atoms with van der Waals surface area (Å²) in [6, 6.07) is 3.23. The highest BCUT2D eigenvalue weighted by Crippen LogP contribution is 2.29. The number of nitrogens with zero attached hydrogens (tertiary/aromatic N) is 1. The number of carboxylic acid groups (broad SMARTS) is 1. The van der Waals surface area contributed by atoms with Gasteiger partial charge in [0.25, 0.3) is 0 Å². The number of piperidine rings is 1. The van der Waals surface area contributed by atoms with Crippen molar-refractivity contribution in [1.29, 1.82) is 0 Å². The Labute approximate surface area is 142 Å². The van der Waals surface area contributed by atoms with Crippen LogP contribution in [0.5, 0.6) is 5.75 Å². The molecule has 1 saturated heterocycles. The van der Waals surface area contributed by atoms with Crippen LogP contribution in [0.3, 0.4) is 0 Å². The molecule has 1 fully saturated rings. The van der Waals surface area contributed by atoms with Crippen LogP contribution in [0.4, 0.5) is 14.5 Å². The monoisotopic (exact) mass is 362 g/mol. The van der Waals surface area contributed by atoms with Gasteiger partial charge in [-0.15, -0.1) is 0 Å². The molecule has 132 valence electrons. The first-order valence-corrected chi connectivity index (χ1v) is 7.75. The summed E-state index contributed by atoms with van der Waals surface area (Å²) < 4.78 is 28.6. The first-order chi connectivity index (χ1) is 11.4. The third-order valence-electron chi connectivity index (χ3n) is 3.68. The van der Waals surface area contributed by atoms with Crippen molar-refractivity contribution in [2.75, 3.05) is 18.4 Å². The molecule has 1 aliphatic heterocycles. The number of nitrogens with one attached hydrogen (secondary N) is 1. The highest BCUT2D eigenvalue weighted by atomic mass is 35.5. The first-order valence-electron chi connectivity index (χ1n) is 7.38. The van der Waals surface area contributed by atoms with Gasteiger partial charge in [-0.1, -0.05) is 18.0 Å². The lowest BCUT2D eigenvalue weighted by molar-refractivity contribution is -0.145. The number of carboxylic acids is 1. The van der Waals surface area contributed by atoms with E-state index in [9.17, 15) is 23.5 Å². The predicted octanol–water partition coefficient (Wildman–Crippen LogP) is 2.82. The average Bonchev–Trinajstić information content (AvgIpc) is 2.50. The second-order valence-corrected chi connectivity index (χ2v) is 5.80. The number of carbonyl (C=O) groups is 2. The van der Waals surface area contributed by atoms with Gasteiger partial charge in [0.1, 0.15) is 11.8 Å². The molecule has 1 aromatic rings. The van der Waals surface area contributed by atoms with Crippen LogP contribution in [0.15, 0.2) is 18.2 Å². The van der Waals surface area contributed by atoms with Gasteiger partial charge < -0.3 is 15.2 Å². The molecule has 0 aromatic heterocycles. The van der Waals surface area contributed by atoms with Crippen LogP contribution in [0.1, 0.15) is 19.3 Å². The fraction of sp³-hybridized carbons (Fsp3) is 0.467. The summed E-state index contributed by atoms with van der Waals surface area (Å²) >= 11 is 5.82. The predicted molar refractivity (Wildman–Crippen MR) is 83.6 cm³/mol. The molecule has 0 spiro atoms. The van der Waals surface area contributed by atoms with Gasteiger partial charge in [0.2, 0.25) is 5.91 Å². The molecule has 24 heavy (non-hydrogen) atoms. The number of amides is 1. The van der Waals surface area contributed by atoms with Crippen molar-refractivity contribution in [3.63, 3.8) is 0 Å². The van der Waals surface area contributed by atoms with E-state index in [1.807, 2.05) is 0 Å². The number of alkyl halides is 2. The lowest BCUT2D eigenvalue weighted by atomic mass is 10.0. The van der Waals surface area contributed by atoms with Gasteiger partial charge in [-0.3, -0.25) is 14.5 Å². The SMILES string of the molecule is O=C(CN1CCCCC1C(=O)O)Nc1ccc(OC(F)F)c(Cl)c1. The normalized spacial score (nSPS) is 18.4. The molecule has 1 amide bonds. The lowest BCUT2D eigenvalue weighted by Gasteiger charge is -2.32. The zero-order valence-electron chi connectivity index (χ0n) is 12.7. The van der Waals surface area contributed by atoms with E-state index in [2.05, 4.69) is 10.1 Å². The minimum atomic E-state index is -2.99. The van der Waals surface area contributed by atoms with Gasteiger partial charge >= 0.3 is 12.6 Å². The minimum Gasteiger partial charge on any atom is -0.480 e. The zero-order chi connectivity index (χ0) is 17.7. The molecule has 0 bridgehead atoms. The van der Waals surface area contributed by atoms with Gasteiger partial charge in [0.15, 0.2) is 0 Å². The Morgan fingerprint density at radius 2 is 2.17 bits per heavy atom. The number of carbonyl (C=O) groups excluding carboxylic acids is 1. The molecule has 1 atom stereocenters. The number of rotatable bonds is 6.